The highest BCUT2D eigenvalue weighted by Gasteiger charge is 2.60. The predicted octanol–water partition coefficient (Wildman–Crippen LogP) is 7.18. The molecule has 7 atom stereocenters. The maximum absolute atomic E-state index is 9.50. The number of nitriles is 1. The Kier molecular flexibility index (Phi) is 12.8. The van der Waals surface area contributed by atoms with Crippen molar-refractivity contribution in [3.8, 4) is 6.07 Å². The van der Waals surface area contributed by atoms with Crippen LogP contribution in [0.4, 0.5) is 0 Å². The second-order valence-electron chi connectivity index (χ2n) is 13.9. The standard InChI is InChI=1S/C36H53NO7Si/c1-35(2,3)45(6,7)44-31-23-32-36(4,43-29(31)19-14-21-37)34(41-26-38-5)33(40-25-28-17-12-9-13-18-28)30(42-32)20-22-39-24-27-15-10-8-11-16-27/h8-13,15-18,29-34H,14,19-20,22-26H2,1-7H3/t29-,30+,31+,32-,33+,34+,36-/m0/s1. The third kappa shape index (κ3) is 9.24. The van der Waals surface area contributed by atoms with E-state index in [4.69, 9.17) is 32.8 Å². The molecule has 0 spiro atoms. The third-order valence-electron chi connectivity index (χ3n) is 9.58. The van der Waals surface area contributed by atoms with Gasteiger partial charge in [-0.25, -0.2) is 0 Å². The van der Waals surface area contributed by atoms with Crippen LogP contribution in [0.1, 0.15) is 64.5 Å². The Bertz CT molecular complexity index is 1200. The van der Waals surface area contributed by atoms with Gasteiger partial charge in [0, 0.05) is 26.6 Å². The molecule has 2 aromatic rings. The minimum absolute atomic E-state index is 0.0278. The number of hydrogen-bond donors (Lipinski definition) is 0. The quantitative estimate of drug-likeness (QED) is 0.115. The van der Waals surface area contributed by atoms with Crippen LogP contribution in [0.15, 0.2) is 60.7 Å². The number of methoxy groups -OCH3 is 1. The predicted molar refractivity (Wildman–Crippen MR) is 176 cm³/mol. The van der Waals surface area contributed by atoms with Gasteiger partial charge in [0.1, 0.15) is 24.6 Å². The van der Waals surface area contributed by atoms with Crippen molar-refractivity contribution in [2.45, 2.75) is 127 Å². The molecule has 2 saturated heterocycles. The molecular weight excluding hydrogens is 586 g/mol. The van der Waals surface area contributed by atoms with Gasteiger partial charge in [-0.1, -0.05) is 81.4 Å². The SMILES string of the molecule is COCO[C@@H]1[C@H](OCc2ccccc2)[C@@H](CCOCc2ccccc2)O[C@H]2C[C@@H](O[Si](C)(C)C(C)(C)C)[C@H](CCC#N)O[C@@]21C. The fourth-order valence-electron chi connectivity index (χ4n) is 6.02. The molecule has 9 heteroatoms. The summed E-state index contributed by atoms with van der Waals surface area (Å²) in [5.74, 6) is 0. The molecule has 2 aromatic carbocycles. The topological polar surface area (TPSA) is 88.4 Å². The minimum atomic E-state index is -2.15. The molecule has 0 aliphatic carbocycles. The minimum Gasteiger partial charge on any atom is -0.411 e. The largest absolute Gasteiger partial charge is 0.411 e. The average molecular weight is 640 g/mol. The lowest BCUT2D eigenvalue weighted by Gasteiger charge is -2.58. The van der Waals surface area contributed by atoms with Crippen molar-refractivity contribution >= 4 is 8.32 Å². The molecule has 0 unspecified atom stereocenters. The number of hydrogen-bond acceptors (Lipinski definition) is 8. The van der Waals surface area contributed by atoms with E-state index in [0.29, 0.717) is 45.5 Å². The molecule has 2 aliphatic heterocycles. The first-order chi connectivity index (χ1) is 21.5. The van der Waals surface area contributed by atoms with Gasteiger partial charge in [-0.15, -0.1) is 0 Å². The van der Waals surface area contributed by atoms with E-state index in [0.717, 1.165) is 11.1 Å². The van der Waals surface area contributed by atoms with Crippen LogP contribution in [0, 0.1) is 11.3 Å². The molecule has 0 aromatic heterocycles. The van der Waals surface area contributed by atoms with E-state index in [9.17, 15) is 5.26 Å². The zero-order valence-electron chi connectivity index (χ0n) is 28.2. The van der Waals surface area contributed by atoms with Crippen LogP contribution < -0.4 is 0 Å². The molecule has 0 bridgehead atoms. The van der Waals surface area contributed by atoms with Gasteiger partial charge in [0.05, 0.1) is 43.7 Å². The van der Waals surface area contributed by atoms with E-state index in [2.05, 4.69) is 71.1 Å². The zero-order valence-corrected chi connectivity index (χ0v) is 29.2. The van der Waals surface area contributed by atoms with Gasteiger partial charge in [0.2, 0.25) is 0 Å². The second kappa shape index (κ2) is 16.1. The Hall–Kier alpha value is -2.13. The summed E-state index contributed by atoms with van der Waals surface area (Å²) in [5.41, 5.74) is 1.34. The monoisotopic (exact) mass is 639 g/mol. The van der Waals surface area contributed by atoms with Crippen molar-refractivity contribution in [1.29, 1.82) is 5.26 Å². The Balaban J connectivity index is 1.61. The number of nitrogens with zero attached hydrogens (tertiary/aromatic N) is 1. The average Bonchev–Trinajstić information content (AvgIpc) is 3.01. The van der Waals surface area contributed by atoms with Gasteiger partial charge >= 0.3 is 0 Å². The van der Waals surface area contributed by atoms with Crippen LogP contribution >= 0.6 is 0 Å². The molecule has 2 heterocycles. The van der Waals surface area contributed by atoms with E-state index in [1.54, 1.807) is 7.11 Å². The number of ether oxygens (including phenoxy) is 6. The lowest BCUT2D eigenvalue weighted by Crippen LogP contribution is -2.71. The molecule has 8 nitrogen and oxygen atoms in total. The highest BCUT2D eigenvalue weighted by atomic mass is 28.4. The highest BCUT2D eigenvalue weighted by Crippen LogP contribution is 2.47. The summed E-state index contributed by atoms with van der Waals surface area (Å²) in [7, 11) is -0.526. The Morgan fingerprint density at radius 2 is 1.58 bits per heavy atom. The number of rotatable bonds is 15. The normalized spacial score (nSPS) is 28.8. The smallest absolute Gasteiger partial charge is 0.192 e. The van der Waals surface area contributed by atoms with E-state index >= 15 is 0 Å². The molecule has 248 valence electrons. The van der Waals surface area contributed by atoms with Gasteiger partial charge < -0.3 is 32.8 Å². The Labute approximate surface area is 271 Å². The van der Waals surface area contributed by atoms with E-state index in [1.807, 2.05) is 36.4 Å². The maximum atomic E-state index is 9.50. The summed E-state index contributed by atoms with van der Waals surface area (Å²) in [4.78, 5) is 0. The summed E-state index contributed by atoms with van der Waals surface area (Å²) in [6.45, 7) is 14.8. The van der Waals surface area contributed by atoms with E-state index in [-0.39, 0.29) is 36.2 Å². The first kappa shape index (κ1) is 35.7. The molecular formula is C36H53NO7Si. The third-order valence-corrected chi connectivity index (χ3v) is 14.1. The molecule has 4 rings (SSSR count). The molecule has 0 N–H and O–H groups in total. The van der Waals surface area contributed by atoms with Gasteiger partial charge in [-0.2, -0.15) is 5.26 Å². The van der Waals surface area contributed by atoms with Gasteiger partial charge in [-0.05, 0) is 49.0 Å². The van der Waals surface area contributed by atoms with Crippen LogP contribution in [-0.4, -0.2) is 71.1 Å². The first-order valence-corrected chi connectivity index (χ1v) is 19.1. The summed E-state index contributed by atoms with van der Waals surface area (Å²) in [5, 5.41) is 9.53. The zero-order chi connectivity index (χ0) is 32.5. The van der Waals surface area contributed by atoms with Crippen molar-refractivity contribution < 1.29 is 32.8 Å². The van der Waals surface area contributed by atoms with E-state index in [1.165, 1.54) is 0 Å². The highest BCUT2D eigenvalue weighted by molar-refractivity contribution is 6.74. The van der Waals surface area contributed by atoms with Crippen LogP contribution in [0.3, 0.4) is 0 Å². The van der Waals surface area contributed by atoms with Gasteiger partial charge in [0.25, 0.3) is 0 Å². The van der Waals surface area contributed by atoms with Crippen LogP contribution in [0.2, 0.25) is 18.1 Å². The molecule has 0 saturated carbocycles. The van der Waals surface area contributed by atoms with Gasteiger partial charge in [0.15, 0.2) is 8.32 Å². The molecule has 0 radical (unpaired) electrons. The van der Waals surface area contributed by atoms with Crippen molar-refractivity contribution in [2.24, 2.45) is 0 Å². The fraction of sp³-hybridized carbons (Fsp3) is 0.639. The van der Waals surface area contributed by atoms with Crippen molar-refractivity contribution in [3.05, 3.63) is 71.8 Å². The summed E-state index contributed by atoms with van der Waals surface area (Å²) >= 11 is 0. The fourth-order valence-corrected chi connectivity index (χ4v) is 7.37. The summed E-state index contributed by atoms with van der Waals surface area (Å²) < 4.78 is 45.6. The molecule has 45 heavy (non-hydrogen) atoms. The van der Waals surface area contributed by atoms with Crippen molar-refractivity contribution in [1.82, 2.24) is 0 Å². The van der Waals surface area contributed by atoms with Crippen molar-refractivity contribution in [3.63, 3.8) is 0 Å². The summed E-state index contributed by atoms with van der Waals surface area (Å²) in [6.07, 6.45) is 0.171. The molecule has 2 fully saturated rings. The lowest BCUT2D eigenvalue weighted by molar-refractivity contribution is -0.344. The van der Waals surface area contributed by atoms with Crippen LogP contribution in [0.25, 0.3) is 0 Å². The number of benzene rings is 2. The van der Waals surface area contributed by atoms with Crippen LogP contribution in [0.5, 0.6) is 0 Å². The molecule has 2 aliphatic rings. The van der Waals surface area contributed by atoms with Crippen molar-refractivity contribution in [2.75, 3.05) is 20.5 Å². The summed E-state index contributed by atoms with van der Waals surface area (Å²) in [6, 6.07) is 22.6. The Morgan fingerprint density at radius 1 is 0.933 bits per heavy atom. The maximum Gasteiger partial charge on any atom is 0.192 e. The number of fused-ring (bicyclic) bond motifs is 1. The molecule has 0 amide bonds. The van der Waals surface area contributed by atoms with E-state index < -0.39 is 26.1 Å². The second-order valence-corrected chi connectivity index (χ2v) is 18.7. The van der Waals surface area contributed by atoms with Crippen LogP contribution in [-0.2, 0) is 46.1 Å². The first-order valence-electron chi connectivity index (χ1n) is 16.2. The van der Waals surface area contributed by atoms with Gasteiger partial charge in [-0.3, -0.25) is 0 Å². The Morgan fingerprint density at radius 3 is 2.18 bits per heavy atom. The lowest BCUT2D eigenvalue weighted by atomic mass is 9.77.